The molecule has 0 amide bonds. The van der Waals surface area contributed by atoms with Gasteiger partial charge < -0.3 is 15.4 Å². The van der Waals surface area contributed by atoms with Gasteiger partial charge in [0.2, 0.25) is 0 Å². The van der Waals surface area contributed by atoms with Gasteiger partial charge in [0.25, 0.3) is 0 Å². The lowest BCUT2D eigenvalue weighted by Gasteiger charge is -2.13. The second-order valence-electron chi connectivity index (χ2n) is 5.74. The van der Waals surface area contributed by atoms with E-state index in [9.17, 15) is 17.6 Å². The average molecular weight is 511 g/mol. The predicted octanol–water partition coefficient (Wildman–Crippen LogP) is 4.29. The van der Waals surface area contributed by atoms with Gasteiger partial charge in [-0.1, -0.05) is 30.3 Å². The van der Waals surface area contributed by atoms with Crippen molar-refractivity contribution in [3.8, 4) is 5.75 Å². The summed E-state index contributed by atoms with van der Waals surface area (Å²) in [5.74, 6) is 0.460. The third-order valence-corrected chi connectivity index (χ3v) is 3.65. The van der Waals surface area contributed by atoms with E-state index in [-0.39, 0.29) is 35.5 Å². The van der Waals surface area contributed by atoms with Gasteiger partial charge in [-0.2, -0.15) is 13.2 Å². The molecular formula is C19H22F4IN3O. The Bertz CT molecular complexity index is 752. The summed E-state index contributed by atoms with van der Waals surface area (Å²) in [6.07, 6.45) is -3.85. The molecule has 0 atom stereocenters. The highest BCUT2D eigenvalue weighted by Crippen LogP contribution is 2.18. The highest BCUT2D eigenvalue weighted by atomic mass is 127. The van der Waals surface area contributed by atoms with Gasteiger partial charge >= 0.3 is 6.18 Å². The molecular weight excluding hydrogens is 489 g/mol. The number of halogens is 5. The molecule has 0 saturated carbocycles. The number of alkyl halides is 3. The van der Waals surface area contributed by atoms with Crippen LogP contribution < -0.4 is 15.4 Å². The maximum atomic E-state index is 13.6. The van der Waals surface area contributed by atoms with Gasteiger partial charge in [-0.05, 0) is 35.7 Å². The minimum Gasteiger partial charge on any atom is -0.484 e. The molecule has 154 valence electrons. The largest absolute Gasteiger partial charge is 0.484 e. The van der Waals surface area contributed by atoms with Gasteiger partial charge in [0.05, 0.1) is 0 Å². The van der Waals surface area contributed by atoms with E-state index in [4.69, 9.17) is 0 Å². The Hall–Kier alpha value is -2.04. The van der Waals surface area contributed by atoms with E-state index in [0.717, 1.165) is 5.56 Å². The minimum absolute atomic E-state index is 0. The molecule has 0 radical (unpaired) electrons. The molecule has 2 N–H and O–H groups in total. The van der Waals surface area contributed by atoms with Gasteiger partial charge in [-0.15, -0.1) is 24.0 Å². The molecule has 0 aliphatic rings. The molecule has 0 fully saturated rings. The van der Waals surface area contributed by atoms with E-state index in [1.54, 1.807) is 37.4 Å². The summed E-state index contributed by atoms with van der Waals surface area (Å²) in [6.45, 7) is -0.382. The monoisotopic (exact) mass is 511 g/mol. The standard InChI is InChI=1S/C19H21F4N3O.HI/c1-24-18(25-11-10-15-4-2-3-5-17(15)20)26-12-14-6-8-16(9-7-14)27-13-19(21,22)23;/h2-9H,10-13H2,1H3,(H2,24,25,26);1H. The topological polar surface area (TPSA) is 45.7 Å². The van der Waals surface area contributed by atoms with E-state index < -0.39 is 12.8 Å². The van der Waals surface area contributed by atoms with Crippen LogP contribution in [0.25, 0.3) is 0 Å². The highest BCUT2D eigenvalue weighted by Gasteiger charge is 2.28. The molecule has 4 nitrogen and oxygen atoms in total. The number of rotatable bonds is 7. The van der Waals surface area contributed by atoms with Crippen LogP contribution in [-0.4, -0.2) is 32.3 Å². The lowest BCUT2D eigenvalue weighted by molar-refractivity contribution is -0.153. The van der Waals surface area contributed by atoms with E-state index in [1.165, 1.54) is 18.2 Å². The van der Waals surface area contributed by atoms with Gasteiger partial charge in [-0.3, -0.25) is 4.99 Å². The summed E-state index contributed by atoms with van der Waals surface area (Å²) in [5, 5.41) is 6.17. The van der Waals surface area contributed by atoms with Crippen LogP contribution in [0, 0.1) is 5.82 Å². The molecule has 0 saturated heterocycles. The van der Waals surface area contributed by atoms with Gasteiger partial charge in [-0.25, -0.2) is 4.39 Å². The fourth-order valence-corrected chi connectivity index (χ4v) is 2.29. The maximum Gasteiger partial charge on any atom is 0.422 e. The Morgan fingerprint density at radius 3 is 2.32 bits per heavy atom. The smallest absolute Gasteiger partial charge is 0.422 e. The Kier molecular flexibility index (Phi) is 10.0. The number of aliphatic imine (C=N–C) groups is 1. The summed E-state index contributed by atoms with van der Waals surface area (Å²) < 4.78 is 54.6. The van der Waals surface area contributed by atoms with Crippen molar-refractivity contribution in [3.63, 3.8) is 0 Å². The first-order chi connectivity index (χ1) is 12.9. The second kappa shape index (κ2) is 11.7. The first-order valence-electron chi connectivity index (χ1n) is 8.34. The Morgan fingerprint density at radius 2 is 1.71 bits per heavy atom. The fourth-order valence-electron chi connectivity index (χ4n) is 2.29. The van der Waals surface area contributed by atoms with Crippen molar-refractivity contribution in [1.29, 1.82) is 0 Å². The molecule has 28 heavy (non-hydrogen) atoms. The van der Waals surface area contributed by atoms with Crippen molar-refractivity contribution in [2.24, 2.45) is 4.99 Å². The first-order valence-corrected chi connectivity index (χ1v) is 8.34. The van der Waals surface area contributed by atoms with Crippen molar-refractivity contribution in [2.45, 2.75) is 19.1 Å². The first kappa shape index (κ1) is 24.0. The van der Waals surface area contributed by atoms with Gasteiger partial charge in [0.1, 0.15) is 11.6 Å². The number of guanidine groups is 1. The summed E-state index contributed by atoms with van der Waals surface area (Å²) in [4.78, 5) is 4.08. The molecule has 0 spiro atoms. The summed E-state index contributed by atoms with van der Waals surface area (Å²) >= 11 is 0. The van der Waals surface area contributed by atoms with Crippen LogP contribution in [0.15, 0.2) is 53.5 Å². The van der Waals surface area contributed by atoms with E-state index in [1.807, 2.05) is 0 Å². The summed E-state index contributed by atoms with van der Waals surface area (Å²) in [7, 11) is 1.62. The number of hydrogen-bond acceptors (Lipinski definition) is 2. The van der Waals surface area contributed by atoms with Gasteiger partial charge in [0, 0.05) is 20.1 Å². The van der Waals surface area contributed by atoms with Crippen molar-refractivity contribution in [2.75, 3.05) is 20.2 Å². The molecule has 2 aromatic carbocycles. The van der Waals surface area contributed by atoms with Crippen LogP contribution >= 0.6 is 24.0 Å². The van der Waals surface area contributed by atoms with Crippen LogP contribution in [0.4, 0.5) is 17.6 Å². The zero-order valence-corrected chi connectivity index (χ0v) is 17.6. The molecule has 0 bridgehead atoms. The number of nitrogens with one attached hydrogen (secondary N) is 2. The van der Waals surface area contributed by atoms with Gasteiger partial charge in [0.15, 0.2) is 12.6 Å². The van der Waals surface area contributed by atoms with E-state index in [2.05, 4.69) is 20.4 Å². The fraction of sp³-hybridized carbons (Fsp3) is 0.316. The lowest BCUT2D eigenvalue weighted by Crippen LogP contribution is -2.37. The van der Waals surface area contributed by atoms with Crippen molar-refractivity contribution in [1.82, 2.24) is 10.6 Å². The maximum absolute atomic E-state index is 13.6. The molecule has 0 heterocycles. The SMILES string of the molecule is CN=C(NCCc1ccccc1F)NCc1ccc(OCC(F)(F)F)cc1.I. The quantitative estimate of drug-likeness (QED) is 0.253. The molecule has 0 unspecified atom stereocenters. The van der Waals surface area contributed by atoms with Crippen molar-refractivity contribution in [3.05, 3.63) is 65.5 Å². The zero-order chi connectivity index (χ0) is 19.7. The Morgan fingerprint density at radius 1 is 1.04 bits per heavy atom. The van der Waals surface area contributed by atoms with Crippen LogP contribution in [-0.2, 0) is 13.0 Å². The zero-order valence-electron chi connectivity index (χ0n) is 15.2. The van der Waals surface area contributed by atoms with Crippen LogP contribution in [0.5, 0.6) is 5.75 Å². The molecule has 0 aliphatic heterocycles. The normalized spacial score (nSPS) is 11.5. The third-order valence-electron chi connectivity index (χ3n) is 3.65. The van der Waals surface area contributed by atoms with E-state index in [0.29, 0.717) is 31.0 Å². The highest BCUT2D eigenvalue weighted by molar-refractivity contribution is 14.0. The van der Waals surface area contributed by atoms with Crippen LogP contribution in [0.1, 0.15) is 11.1 Å². The predicted molar refractivity (Wildman–Crippen MR) is 112 cm³/mol. The molecule has 2 rings (SSSR count). The molecule has 2 aromatic rings. The van der Waals surface area contributed by atoms with Crippen LogP contribution in [0.2, 0.25) is 0 Å². The number of nitrogens with zero attached hydrogens (tertiary/aromatic N) is 1. The Balaban J connectivity index is 0.00000392. The average Bonchev–Trinajstić information content (AvgIpc) is 2.64. The van der Waals surface area contributed by atoms with Crippen LogP contribution in [0.3, 0.4) is 0 Å². The number of benzene rings is 2. The summed E-state index contributed by atoms with van der Waals surface area (Å²) in [5.41, 5.74) is 1.47. The Labute approximate surface area is 178 Å². The van der Waals surface area contributed by atoms with Crippen molar-refractivity contribution >= 4 is 29.9 Å². The minimum atomic E-state index is -4.36. The lowest BCUT2D eigenvalue weighted by atomic mass is 10.1. The molecule has 0 aliphatic carbocycles. The number of hydrogen-bond donors (Lipinski definition) is 2. The summed E-state index contributed by atoms with van der Waals surface area (Å²) in [6, 6.07) is 12.9. The second-order valence-corrected chi connectivity index (χ2v) is 5.74. The number of ether oxygens (including phenoxy) is 1. The third kappa shape index (κ3) is 8.77. The molecule has 0 aromatic heterocycles. The van der Waals surface area contributed by atoms with Crippen molar-refractivity contribution < 1.29 is 22.3 Å². The molecule has 9 heteroatoms. The van der Waals surface area contributed by atoms with E-state index >= 15 is 0 Å².